The summed E-state index contributed by atoms with van der Waals surface area (Å²) >= 11 is 1.50. The third-order valence-corrected chi connectivity index (χ3v) is 8.63. The monoisotopic (exact) mass is 461 g/mol. The average Bonchev–Trinajstić information content (AvgIpc) is 3.25. The largest absolute Gasteiger partial charge is 0.339 e. The number of hydrogen-bond acceptors (Lipinski definition) is 6. The average molecular weight is 462 g/mol. The molecule has 2 aromatic carbocycles. The van der Waals surface area contributed by atoms with E-state index < -0.39 is 20.6 Å². The fourth-order valence-corrected chi connectivity index (χ4v) is 6.46. The second kappa shape index (κ2) is 8.97. The molecule has 0 radical (unpaired) electrons. The van der Waals surface area contributed by atoms with E-state index in [0.717, 1.165) is 17.7 Å². The smallest absolute Gasteiger partial charge is 0.289 e. The maximum Gasteiger partial charge on any atom is 0.289 e. The lowest BCUT2D eigenvalue weighted by atomic mass is 10.1. The van der Waals surface area contributed by atoms with Gasteiger partial charge >= 0.3 is 0 Å². The molecule has 0 atom stereocenters. The first-order valence-electron chi connectivity index (χ1n) is 10.1. The van der Waals surface area contributed by atoms with Crippen LogP contribution in [0.4, 0.5) is 5.69 Å². The summed E-state index contributed by atoms with van der Waals surface area (Å²) in [6.45, 7) is 0.764. The first kappa shape index (κ1) is 21.8. The summed E-state index contributed by atoms with van der Waals surface area (Å²) in [7, 11) is -4.00. The molecule has 2 aliphatic rings. The van der Waals surface area contributed by atoms with Gasteiger partial charge in [0.15, 0.2) is 4.90 Å². The minimum absolute atomic E-state index is 0.0340. The van der Waals surface area contributed by atoms with Crippen molar-refractivity contribution < 1.29 is 18.1 Å². The van der Waals surface area contributed by atoms with Gasteiger partial charge in [0.1, 0.15) is 0 Å². The molecule has 0 spiro atoms. The molecule has 1 amide bonds. The molecule has 2 aromatic rings. The highest BCUT2D eigenvalue weighted by atomic mass is 32.2. The van der Waals surface area contributed by atoms with Crippen LogP contribution < -0.4 is 0 Å². The van der Waals surface area contributed by atoms with Crippen molar-refractivity contribution in [3.63, 3.8) is 0 Å². The predicted molar refractivity (Wildman–Crippen MR) is 118 cm³/mol. The van der Waals surface area contributed by atoms with Crippen LogP contribution in [0.5, 0.6) is 0 Å². The zero-order chi connectivity index (χ0) is 22.0. The lowest BCUT2D eigenvalue weighted by Gasteiger charge is -2.33. The van der Waals surface area contributed by atoms with Crippen molar-refractivity contribution in [2.45, 2.75) is 29.1 Å². The number of thioether (sulfide) groups is 1. The first-order chi connectivity index (χ1) is 14.9. The number of carbonyl (C=O) groups excluding carboxylic acids is 1. The van der Waals surface area contributed by atoms with E-state index in [-0.39, 0.29) is 37.0 Å². The van der Waals surface area contributed by atoms with Crippen molar-refractivity contribution in [3.05, 3.63) is 63.7 Å². The quantitative estimate of drug-likeness (QED) is 0.372. The van der Waals surface area contributed by atoms with Crippen molar-refractivity contribution in [3.8, 4) is 0 Å². The summed E-state index contributed by atoms with van der Waals surface area (Å²) in [4.78, 5) is 25.6. The van der Waals surface area contributed by atoms with E-state index in [4.69, 9.17) is 0 Å². The third-order valence-electron chi connectivity index (χ3n) is 5.70. The summed E-state index contributed by atoms with van der Waals surface area (Å²) in [6.07, 6.45) is 3.40. The third kappa shape index (κ3) is 4.60. The predicted octanol–water partition coefficient (Wildman–Crippen LogP) is 2.71. The number of amides is 1. The van der Waals surface area contributed by atoms with Crippen molar-refractivity contribution >= 4 is 33.4 Å². The number of nitrogens with zero attached hydrogens (tertiary/aromatic N) is 3. The van der Waals surface area contributed by atoms with Gasteiger partial charge in [-0.15, -0.1) is 11.8 Å². The van der Waals surface area contributed by atoms with E-state index in [1.807, 2.05) is 0 Å². The highest BCUT2D eigenvalue weighted by molar-refractivity contribution is 8.00. The molecule has 1 heterocycles. The van der Waals surface area contributed by atoms with Crippen LogP contribution in [-0.4, -0.2) is 60.4 Å². The normalized spacial score (nSPS) is 16.8. The zero-order valence-corrected chi connectivity index (χ0v) is 18.5. The van der Waals surface area contributed by atoms with Gasteiger partial charge in [0, 0.05) is 37.1 Å². The Morgan fingerprint density at radius 2 is 1.74 bits per heavy atom. The summed E-state index contributed by atoms with van der Waals surface area (Å²) in [6, 6.07) is 11.7. The van der Waals surface area contributed by atoms with Crippen LogP contribution in [0.1, 0.15) is 17.5 Å². The van der Waals surface area contributed by atoms with Gasteiger partial charge in [0.25, 0.3) is 5.69 Å². The Labute approximate surface area is 185 Å². The van der Waals surface area contributed by atoms with E-state index in [9.17, 15) is 23.3 Å². The van der Waals surface area contributed by atoms with Gasteiger partial charge in [-0.1, -0.05) is 18.2 Å². The number of nitro groups is 1. The van der Waals surface area contributed by atoms with Crippen LogP contribution in [0.15, 0.2) is 52.3 Å². The molecule has 8 nitrogen and oxygen atoms in total. The molecule has 1 saturated heterocycles. The standard InChI is InChI=1S/C21H23N3O5S2/c25-21(15-30-18-9-8-16-4-3-5-17(16)14-18)22-10-12-23(13-11-22)31(28,29)20-7-2-1-6-19(20)24(26)27/h1-2,6-9,14H,3-5,10-13,15H2. The number of piperazine rings is 1. The van der Waals surface area contributed by atoms with Gasteiger partial charge in [0.05, 0.1) is 10.7 Å². The van der Waals surface area contributed by atoms with Crippen molar-refractivity contribution in [1.29, 1.82) is 0 Å². The minimum atomic E-state index is -4.00. The summed E-state index contributed by atoms with van der Waals surface area (Å²) in [5, 5.41) is 11.2. The molecule has 0 aromatic heterocycles. The molecule has 0 N–H and O–H groups in total. The van der Waals surface area contributed by atoms with Crippen LogP contribution in [0, 0.1) is 10.1 Å². The summed E-state index contributed by atoms with van der Waals surface area (Å²) in [5.41, 5.74) is 2.32. The van der Waals surface area contributed by atoms with E-state index in [1.165, 1.54) is 57.9 Å². The Hall–Kier alpha value is -2.43. The van der Waals surface area contributed by atoms with E-state index in [1.54, 1.807) is 4.90 Å². The molecule has 0 unspecified atom stereocenters. The fraction of sp³-hybridized carbons (Fsp3) is 0.381. The fourth-order valence-electron chi connectivity index (χ4n) is 4.02. The summed E-state index contributed by atoms with van der Waals surface area (Å²) in [5.74, 6) is 0.267. The molecule has 31 heavy (non-hydrogen) atoms. The second-order valence-electron chi connectivity index (χ2n) is 7.58. The lowest BCUT2D eigenvalue weighted by Crippen LogP contribution is -2.51. The molecule has 0 saturated carbocycles. The number of carbonyl (C=O) groups is 1. The van der Waals surface area contributed by atoms with Gasteiger partial charge in [0.2, 0.25) is 15.9 Å². The van der Waals surface area contributed by atoms with Crippen LogP contribution in [0.2, 0.25) is 0 Å². The minimum Gasteiger partial charge on any atom is -0.339 e. The Bertz CT molecular complexity index is 1110. The molecule has 0 bridgehead atoms. The van der Waals surface area contributed by atoms with E-state index >= 15 is 0 Å². The van der Waals surface area contributed by atoms with E-state index in [2.05, 4.69) is 18.2 Å². The molecule has 10 heteroatoms. The van der Waals surface area contributed by atoms with Gasteiger partial charge in [-0.2, -0.15) is 4.31 Å². The topological polar surface area (TPSA) is 101 Å². The van der Waals surface area contributed by atoms with Crippen molar-refractivity contribution in [2.24, 2.45) is 0 Å². The Balaban J connectivity index is 1.35. The lowest BCUT2D eigenvalue weighted by molar-refractivity contribution is -0.387. The highest BCUT2D eigenvalue weighted by Gasteiger charge is 2.34. The van der Waals surface area contributed by atoms with Crippen LogP contribution in [-0.2, 0) is 27.7 Å². The molecular weight excluding hydrogens is 438 g/mol. The number of rotatable bonds is 6. The van der Waals surface area contributed by atoms with Gasteiger partial charge in [-0.3, -0.25) is 14.9 Å². The molecule has 1 aliphatic carbocycles. The molecule has 1 aliphatic heterocycles. The van der Waals surface area contributed by atoms with E-state index in [0.29, 0.717) is 5.75 Å². The van der Waals surface area contributed by atoms with Gasteiger partial charge in [-0.05, 0) is 48.6 Å². The Kier molecular flexibility index (Phi) is 6.31. The maximum atomic E-state index is 12.9. The second-order valence-corrected chi connectivity index (χ2v) is 10.5. The summed E-state index contributed by atoms with van der Waals surface area (Å²) < 4.78 is 27.0. The van der Waals surface area contributed by atoms with Crippen LogP contribution in [0.3, 0.4) is 0 Å². The maximum absolute atomic E-state index is 12.9. The number of hydrogen-bond donors (Lipinski definition) is 0. The Morgan fingerprint density at radius 3 is 2.48 bits per heavy atom. The van der Waals surface area contributed by atoms with Crippen molar-refractivity contribution in [2.75, 3.05) is 31.9 Å². The first-order valence-corrected chi connectivity index (χ1v) is 12.5. The number of benzene rings is 2. The highest BCUT2D eigenvalue weighted by Crippen LogP contribution is 2.29. The molecule has 1 fully saturated rings. The zero-order valence-electron chi connectivity index (χ0n) is 16.9. The molecular formula is C21H23N3O5S2. The van der Waals surface area contributed by atoms with Gasteiger partial charge in [-0.25, -0.2) is 8.42 Å². The number of aryl methyl sites for hydroxylation is 2. The SMILES string of the molecule is O=C(CSc1ccc2c(c1)CCC2)N1CCN(S(=O)(=O)c2ccccc2[N+](=O)[O-])CC1. The number of fused-ring (bicyclic) bond motifs is 1. The van der Waals surface area contributed by atoms with Crippen LogP contribution in [0.25, 0.3) is 0 Å². The van der Waals surface area contributed by atoms with Crippen molar-refractivity contribution in [1.82, 2.24) is 9.21 Å². The van der Waals surface area contributed by atoms with Gasteiger partial charge < -0.3 is 4.90 Å². The number of nitro benzene ring substituents is 1. The Morgan fingerprint density at radius 1 is 1.03 bits per heavy atom. The molecule has 164 valence electrons. The number of sulfonamides is 1. The van der Waals surface area contributed by atoms with Crippen LogP contribution >= 0.6 is 11.8 Å². The molecule has 4 rings (SSSR count). The number of para-hydroxylation sites is 1.